The summed E-state index contributed by atoms with van der Waals surface area (Å²) in [5.41, 5.74) is 3.65. The van der Waals surface area contributed by atoms with Crippen LogP contribution in [0, 0.1) is 6.92 Å². The van der Waals surface area contributed by atoms with Gasteiger partial charge in [0.05, 0.1) is 23.5 Å². The number of aromatic nitrogens is 2. The Morgan fingerprint density at radius 2 is 2.11 bits per heavy atom. The van der Waals surface area contributed by atoms with E-state index in [0.717, 1.165) is 27.9 Å². The van der Waals surface area contributed by atoms with Gasteiger partial charge in [0.25, 0.3) is 0 Å². The van der Waals surface area contributed by atoms with Crippen LogP contribution < -0.4 is 0 Å². The lowest BCUT2D eigenvalue weighted by Crippen LogP contribution is -2.16. The lowest BCUT2D eigenvalue weighted by molar-refractivity contribution is 0.153. The summed E-state index contributed by atoms with van der Waals surface area (Å²) >= 11 is 0. The fourth-order valence-corrected chi connectivity index (χ4v) is 2.32. The van der Waals surface area contributed by atoms with Crippen LogP contribution in [-0.2, 0) is 4.74 Å². The summed E-state index contributed by atoms with van der Waals surface area (Å²) in [7, 11) is 0. The standard InChI is InChI=1S/C15H14N2O2/c1-3-19-15(18)17-9-8-12-11-6-4-5-7-13(11)16-14(12)10(17)2/h4-9H,3H2,1-2H3. The number of fused-ring (bicyclic) bond motifs is 3. The van der Waals surface area contributed by atoms with Gasteiger partial charge in [0.1, 0.15) is 0 Å². The van der Waals surface area contributed by atoms with Gasteiger partial charge in [-0.2, -0.15) is 0 Å². The Hall–Kier alpha value is -2.36. The zero-order valence-corrected chi connectivity index (χ0v) is 10.9. The summed E-state index contributed by atoms with van der Waals surface area (Å²) in [6.07, 6.45) is 1.37. The molecule has 0 bridgehead atoms. The molecule has 0 fully saturated rings. The molecule has 1 aromatic rings. The number of para-hydroxylation sites is 1. The van der Waals surface area contributed by atoms with Crippen molar-refractivity contribution in [3.63, 3.8) is 0 Å². The second-order valence-corrected chi connectivity index (χ2v) is 4.36. The molecular formula is C15H14N2O2. The number of carbonyl (C=O) groups is 1. The van der Waals surface area contributed by atoms with Gasteiger partial charge in [-0.15, -0.1) is 0 Å². The van der Waals surface area contributed by atoms with Gasteiger partial charge in [0.2, 0.25) is 0 Å². The summed E-state index contributed by atoms with van der Waals surface area (Å²) in [5, 5.41) is 1.11. The van der Waals surface area contributed by atoms with Crippen LogP contribution in [0.3, 0.4) is 0 Å². The summed E-state index contributed by atoms with van der Waals surface area (Å²) in [5.74, 6) is 0. The predicted octanol–water partition coefficient (Wildman–Crippen LogP) is 3.45. The van der Waals surface area contributed by atoms with Crippen molar-refractivity contribution in [3.8, 4) is 11.3 Å². The van der Waals surface area contributed by atoms with E-state index in [1.54, 1.807) is 13.1 Å². The maximum absolute atomic E-state index is 11.8. The first kappa shape index (κ1) is 11.7. The van der Waals surface area contributed by atoms with Crippen LogP contribution in [-0.4, -0.2) is 22.3 Å². The molecule has 2 aliphatic heterocycles. The molecule has 0 atom stereocenters. The molecule has 0 N–H and O–H groups in total. The maximum atomic E-state index is 11.8. The first-order valence-electron chi connectivity index (χ1n) is 6.26. The van der Waals surface area contributed by atoms with Gasteiger partial charge in [-0.1, -0.05) is 18.2 Å². The molecule has 0 aliphatic carbocycles. The lowest BCUT2D eigenvalue weighted by Gasteiger charge is -2.12. The van der Waals surface area contributed by atoms with Gasteiger partial charge in [-0.3, -0.25) is 4.57 Å². The topological polar surface area (TPSA) is 44.1 Å². The number of hydrogen-bond donors (Lipinski definition) is 0. The normalized spacial score (nSPS) is 11.1. The van der Waals surface area contributed by atoms with Crippen molar-refractivity contribution in [2.24, 2.45) is 0 Å². The van der Waals surface area contributed by atoms with Gasteiger partial charge in [-0.25, -0.2) is 9.78 Å². The highest BCUT2D eigenvalue weighted by atomic mass is 16.5. The van der Waals surface area contributed by atoms with Crippen LogP contribution in [0.5, 0.6) is 0 Å². The first-order chi connectivity index (χ1) is 9.22. The van der Waals surface area contributed by atoms with Gasteiger partial charge in [-0.05, 0) is 26.0 Å². The van der Waals surface area contributed by atoms with Crippen LogP contribution in [0.15, 0.2) is 36.5 Å². The van der Waals surface area contributed by atoms with Crippen LogP contribution >= 0.6 is 0 Å². The molecule has 2 heterocycles. The molecule has 0 aromatic heterocycles. The van der Waals surface area contributed by atoms with Crippen molar-refractivity contribution < 1.29 is 9.53 Å². The molecule has 0 radical (unpaired) electrons. The lowest BCUT2D eigenvalue weighted by atomic mass is 10.1. The smallest absolute Gasteiger partial charge is 0.418 e. The van der Waals surface area contributed by atoms with Crippen LogP contribution in [0.2, 0.25) is 0 Å². The quantitative estimate of drug-likeness (QED) is 0.668. The highest BCUT2D eigenvalue weighted by Crippen LogP contribution is 2.32. The molecule has 4 nitrogen and oxygen atoms in total. The summed E-state index contributed by atoms with van der Waals surface area (Å²) in [6.45, 7) is 4.03. The van der Waals surface area contributed by atoms with E-state index in [0.29, 0.717) is 6.61 Å². The van der Waals surface area contributed by atoms with E-state index < -0.39 is 0 Å². The van der Waals surface area contributed by atoms with Crippen molar-refractivity contribution >= 4 is 17.0 Å². The Balaban J connectivity index is 2.24. The van der Waals surface area contributed by atoms with Crippen LogP contribution in [0.25, 0.3) is 22.2 Å². The van der Waals surface area contributed by atoms with Crippen molar-refractivity contribution in [1.82, 2.24) is 9.55 Å². The largest absolute Gasteiger partial charge is 0.449 e. The molecule has 19 heavy (non-hydrogen) atoms. The molecule has 0 saturated carbocycles. The van der Waals surface area contributed by atoms with Crippen molar-refractivity contribution in [2.45, 2.75) is 13.8 Å². The zero-order chi connectivity index (χ0) is 13.4. The minimum absolute atomic E-state index is 0.361. The molecule has 0 spiro atoms. The van der Waals surface area contributed by atoms with Crippen molar-refractivity contribution in [3.05, 3.63) is 42.2 Å². The Kier molecular flexibility index (Phi) is 2.71. The van der Waals surface area contributed by atoms with Gasteiger partial charge < -0.3 is 4.74 Å². The molecule has 3 rings (SSSR count). The molecule has 4 heteroatoms. The highest BCUT2D eigenvalue weighted by molar-refractivity contribution is 5.98. The second kappa shape index (κ2) is 4.39. The van der Waals surface area contributed by atoms with Gasteiger partial charge in [0.15, 0.2) is 0 Å². The summed E-state index contributed by atoms with van der Waals surface area (Å²) < 4.78 is 6.53. The molecule has 2 aliphatic rings. The fraction of sp³-hybridized carbons (Fsp3) is 0.200. The average Bonchev–Trinajstić information content (AvgIpc) is 2.79. The number of hydrogen-bond acceptors (Lipinski definition) is 3. The molecule has 96 valence electrons. The van der Waals surface area contributed by atoms with Gasteiger partial charge >= 0.3 is 6.09 Å². The number of carbonyl (C=O) groups excluding carboxylic acids is 1. The molecule has 0 unspecified atom stereocenters. The number of rotatable bonds is 1. The van der Waals surface area contributed by atoms with Gasteiger partial charge in [0, 0.05) is 17.1 Å². The molecule has 0 saturated heterocycles. The molecule has 0 amide bonds. The Morgan fingerprint density at radius 1 is 1.32 bits per heavy atom. The van der Waals surface area contributed by atoms with Crippen molar-refractivity contribution in [1.29, 1.82) is 0 Å². The third-order valence-corrected chi connectivity index (χ3v) is 3.24. The maximum Gasteiger partial charge on any atom is 0.418 e. The van der Waals surface area contributed by atoms with E-state index in [1.165, 1.54) is 4.57 Å². The van der Waals surface area contributed by atoms with E-state index in [-0.39, 0.29) is 6.09 Å². The third kappa shape index (κ3) is 1.76. The minimum Gasteiger partial charge on any atom is -0.449 e. The Labute approximate surface area is 111 Å². The minimum atomic E-state index is -0.367. The van der Waals surface area contributed by atoms with E-state index in [1.807, 2.05) is 37.3 Å². The summed E-state index contributed by atoms with van der Waals surface area (Å²) in [4.78, 5) is 16.4. The zero-order valence-electron chi connectivity index (χ0n) is 10.9. The van der Waals surface area contributed by atoms with Crippen molar-refractivity contribution in [2.75, 3.05) is 6.61 Å². The number of nitrogens with zero attached hydrogens (tertiary/aromatic N) is 2. The number of benzene rings is 1. The predicted molar refractivity (Wildman–Crippen MR) is 73.5 cm³/mol. The summed E-state index contributed by atoms with van der Waals surface area (Å²) in [6, 6.07) is 9.88. The second-order valence-electron chi connectivity index (χ2n) is 4.36. The average molecular weight is 254 g/mol. The number of ether oxygens (including phenoxy) is 1. The Bertz CT molecular complexity index is 730. The van der Waals surface area contributed by atoms with E-state index in [4.69, 9.17) is 4.74 Å². The van der Waals surface area contributed by atoms with E-state index in [2.05, 4.69) is 4.98 Å². The number of pyridine rings is 1. The highest BCUT2D eigenvalue weighted by Gasteiger charge is 2.18. The molecule has 1 aromatic carbocycles. The first-order valence-corrected chi connectivity index (χ1v) is 6.26. The third-order valence-electron chi connectivity index (χ3n) is 3.24. The monoisotopic (exact) mass is 254 g/mol. The van der Waals surface area contributed by atoms with E-state index in [9.17, 15) is 4.79 Å². The fourth-order valence-electron chi connectivity index (χ4n) is 2.32. The Morgan fingerprint density at radius 3 is 2.89 bits per heavy atom. The molecular weight excluding hydrogens is 240 g/mol. The van der Waals surface area contributed by atoms with Crippen LogP contribution in [0.1, 0.15) is 12.6 Å². The van der Waals surface area contributed by atoms with Crippen LogP contribution in [0.4, 0.5) is 4.79 Å². The SMILES string of the molecule is CCOC(=O)n1ccc2c3ccccc3nc-2c1C. The van der Waals surface area contributed by atoms with E-state index >= 15 is 0 Å².